The van der Waals surface area contributed by atoms with Crippen LogP contribution in [0.3, 0.4) is 0 Å². The van der Waals surface area contributed by atoms with Crippen LogP contribution in [-0.2, 0) is 6.42 Å². The molecule has 5 heteroatoms. The molecule has 1 N–H and O–H groups in total. The molecule has 0 aromatic heterocycles. The van der Waals surface area contributed by atoms with Crippen molar-refractivity contribution in [3.05, 3.63) is 28.3 Å². The van der Waals surface area contributed by atoms with Gasteiger partial charge in [0.25, 0.3) is 0 Å². The first kappa shape index (κ1) is 11.2. The van der Waals surface area contributed by atoms with Crippen molar-refractivity contribution in [2.75, 3.05) is 13.7 Å². The summed E-state index contributed by atoms with van der Waals surface area (Å²) in [4.78, 5) is 0. The van der Waals surface area contributed by atoms with Gasteiger partial charge in [-0.1, -0.05) is 11.6 Å². The van der Waals surface area contributed by atoms with Crippen molar-refractivity contribution in [2.45, 2.75) is 6.42 Å². The quantitative estimate of drug-likeness (QED) is 0.795. The molecule has 78 valence electrons. The molecule has 0 spiro atoms. The van der Waals surface area contributed by atoms with E-state index in [1.54, 1.807) is 0 Å². The van der Waals surface area contributed by atoms with Crippen molar-refractivity contribution in [3.8, 4) is 5.75 Å². The maximum atomic E-state index is 13.4. The standard InChI is InChI=1S/C9H9ClF2O2/c1-14-9-7(11)5(2-3-13)4-6(10)8(9)12/h4,13H,2-3H2,1H3. The van der Waals surface area contributed by atoms with Crippen molar-refractivity contribution >= 4 is 11.6 Å². The summed E-state index contributed by atoms with van der Waals surface area (Å²) in [6.07, 6.45) is 0.0716. The van der Waals surface area contributed by atoms with Crippen LogP contribution in [0.15, 0.2) is 6.07 Å². The molecule has 0 aliphatic heterocycles. The van der Waals surface area contributed by atoms with Crippen LogP contribution in [0.1, 0.15) is 5.56 Å². The van der Waals surface area contributed by atoms with Gasteiger partial charge in [-0.05, 0) is 18.1 Å². The number of rotatable bonds is 3. The Morgan fingerprint density at radius 2 is 2.07 bits per heavy atom. The van der Waals surface area contributed by atoms with Crippen LogP contribution in [0.4, 0.5) is 8.78 Å². The summed E-state index contributed by atoms with van der Waals surface area (Å²) in [7, 11) is 1.15. The van der Waals surface area contributed by atoms with Crippen LogP contribution in [0.25, 0.3) is 0 Å². The molecule has 0 amide bonds. The molecule has 0 saturated carbocycles. The first-order valence-corrected chi connectivity index (χ1v) is 4.30. The van der Waals surface area contributed by atoms with Gasteiger partial charge in [-0.3, -0.25) is 0 Å². The van der Waals surface area contributed by atoms with E-state index < -0.39 is 17.4 Å². The molecule has 2 nitrogen and oxygen atoms in total. The van der Waals surface area contributed by atoms with E-state index in [2.05, 4.69) is 4.74 Å². The number of aliphatic hydroxyl groups excluding tert-OH is 1. The SMILES string of the molecule is COc1c(F)c(Cl)cc(CCO)c1F. The van der Waals surface area contributed by atoms with E-state index in [9.17, 15) is 8.78 Å². The summed E-state index contributed by atoms with van der Waals surface area (Å²) in [6.45, 7) is -0.234. The highest BCUT2D eigenvalue weighted by Crippen LogP contribution is 2.30. The minimum atomic E-state index is -0.923. The van der Waals surface area contributed by atoms with Gasteiger partial charge in [0.1, 0.15) is 0 Å². The summed E-state index contributed by atoms with van der Waals surface area (Å²) < 4.78 is 31.0. The topological polar surface area (TPSA) is 29.5 Å². The Bertz CT molecular complexity index is 342. The van der Waals surface area contributed by atoms with Crippen LogP contribution in [0.2, 0.25) is 5.02 Å². The fraction of sp³-hybridized carbons (Fsp3) is 0.333. The maximum Gasteiger partial charge on any atom is 0.192 e. The van der Waals surface area contributed by atoms with E-state index in [1.165, 1.54) is 0 Å². The number of halogens is 3. The van der Waals surface area contributed by atoms with Crippen LogP contribution >= 0.6 is 11.6 Å². The molecule has 1 rings (SSSR count). The van der Waals surface area contributed by atoms with Crippen molar-refractivity contribution in [1.82, 2.24) is 0 Å². The summed E-state index contributed by atoms with van der Waals surface area (Å²) in [5.41, 5.74) is 0.135. The van der Waals surface area contributed by atoms with E-state index in [-0.39, 0.29) is 23.6 Å². The van der Waals surface area contributed by atoms with Gasteiger partial charge < -0.3 is 9.84 Å². The van der Waals surface area contributed by atoms with Gasteiger partial charge in [-0.2, -0.15) is 0 Å². The monoisotopic (exact) mass is 222 g/mol. The number of ether oxygens (including phenoxy) is 1. The molecule has 0 saturated heterocycles. The van der Waals surface area contributed by atoms with Gasteiger partial charge in [0, 0.05) is 6.61 Å². The zero-order valence-electron chi connectivity index (χ0n) is 7.48. The third-order valence-corrected chi connectivity index (χ3v) is 2.05. The van der Waals surface area contributed by atoms with Gasteiger partial charge in [-0.25, -0.2) is 8.78 Å². The second kappa shape index (κ2) is 4.57. The molecule has 0 bridgehead atoms. The lowest BCUT2D eigenvalue weighted by atomic mass is 10.1. The minimum absolute atomic E-state index is 0.0716. The third-order valence-electron chi connectivity index (χ3n) is 1.78. The summed E-state index contributed by atoms with van der Waals surface area (Å²) in [5.74, 6) is -2.25. The van der Waals surface area contributed by atoms with Gasteiger partial charge >= 0.3 is 0 Å². The third kappa shape index (κ3) is 1.96. The van der Waals surface area contributed by atoms with Crippen LogP contribution < -0.4 is 4.74 Å². The van der Waals surface area contributed by atoms with Crippen molar-refractivity contribution in [1.29, 1.82) is 0 Å². The first-order valence-electron chi connectivity index (χ1n) is 3.93. The molecule has 0 atom stereocenters. The zero-order valence-corrected chi connectivity index (χ0v) is 8.24. The predicted octanol–water partition coefficient (Wildman–Crippen LogP) is 2.16. The lowest BCUT2D eigenvalue weighted by molar-refractivity contribution is 0.295. The normalized spacial score (nSPS) is 10.4. The number of hydrogen-bond acceptors (Lipinski definition) is 2. The Kier molecular flexibility index (Phi) is 3.66. The Labute approximate surface area is 85.1 Å². The fourth-order valence-corrected chi connectivity index (χ4v) is 1.33. The van der Waals surface area contributed by atoms with E-state index in [0.29, 0.717) is 0 Å². The maximum absolute atomic E-state index is 13.4. The fourth-order valence-electron chi connectivity index (χ4n) is 1.11. The summed E-state index contributed by atoms with van der Waals surface area (Å²) in [5, 5.41) is 8.41. The predicted molar refractivity (Wildman–Crippen MR) is 48.7 cm³/mol. The van der Waals surface area contributed by atoms with Gasteiger partial charge in [0.15, 0.2) is 17.4 Å². The lowest BCUT2D eigenvalue weighted by Crippen LogP contribution is -2.01. The summed E-state index contributed by atoms with van der Waals surface area (Å²) in [6, 6.07) is 1.14. The lowest BCUT2D eigenvalue weighted by Gasteiger charge is -2.08. The smallest absolute Gasteiger partial charge is 0.192 e. The number of methoxy groups -OCH3 is 1. The largest absolute Gasteiger partial charge is 0.491 e. The average Bonchev–Trinajstić information content (AvgIpc) is 2.16. The van der Waals surface area contributed by atoms with E-state index in [1.807, 2.05) is 0 Å². The van der Waals surface area contributed by atoms with Gasteiger partial charge in [0.2, 0.25) is 0 Å². The molecule has 1 aromatic carbocycles. The first-order chi connectivity index (χ1) is 6.61. The molecule has 14 heavy (non-hydrogen) atoms. The van der Waals surface area contributed by atoms with E-state index in [0.717, 1.165) is 13.2 Å². The molecular formula is C9H9ClF2O2. The Morgan fingerprint density at radius 3 is 2.57 bits per heavy atom. The van der Waals surface area contributed by atoms with Crippen molar-refractivity contribution < 1.29 is 18.6 Å². The Balaban J connectivity index is 3.27. The van der Waals surface area contributed by atoms with Crippen molar-refractivity contribution in [3.63, 3.8) is 0 Å². The van der Waals surface area contributed by atoms with E-state index in [4.69, 9.17) is 16.7 Å². The average molecular weight is 223 g/mol. The van der Waals surface area contributed by atoms with Gasteiger partial charge in [0.05, 0.1) is 12.1 Å². The number of hydrogen-bond donors (Lipinski definition) is 1. The minimum Gasteiger partial charge on any atom is -0.491 e. The van der Waals surface area contributed by atoms with E-state index >= 15 is 0 Å². The highest BCUT2D eigenvalue weighted by atomic mass is 35.5. The molecule has 0 aliphatic rings. The van der Waals surface area contributed by atoms with Crippen LogP contribution in [0, 0.1) is 11.6 Å². The Hall–Kier alpha value is -0.870. The Morgan fingerprint density at radius 1 is 1.43 bits per heavy atom. The molecule has 1 aromatic rings. The molecular weight excluding hydrogens is 214 g/mol. The van der Waals surface area contributed by atoms with Crippen LogP contribution in [0.5, 0.6) is 5.75 Å². The molecule has 0 unspecified atom stereocenters. The molecule has 0 heterocycles. The molecule has 0 radical (unpaired) electrons. The molecule has 0 aliphatic carbocycles. The molecule has 0 fully saturated rings. The number of benzene rings is 1. The highest BCUT2D eigenvalue weighted by Gasteiger charge is 2.17. The number of aliphatic hydroxyl groups is 1. The zero-order chi connectivity index (χ0) is 10.7. The second-order valence-electron chi connectivity index (χ2n) is 2.65. The second-order valence-corrected chi connectivity index (χ2v) is 3.06. The van der Waals surface area contributed by atoms with Crippen molar-refractivity contribution in [2.24, 2.45) is 0 Å². The van der Waals surface area contributed by atoms with Crippen LogP contribution in [-0.4, -0.2) is 18.8 Å². The summed E-state index contributed by atoms with van der Waals surface area (Å²) >= 11 is 5.50. The van der Waals surface area contributed by atoms with Gasteiger partial charge in [-0.15, -0.1) is 0 Å². The highest BCUT2D eigenvalue weighted by molar-refractivity contribution is 6.31.